The van der Waals surface area contributed by atoms with E-state index in [0.717, 1.165) is 24.2 Å². The van der Waals surface area contributed by atoms with Gasteiger partial charge in [-0.25, -0.2) is 0 Å². The lowest BCUT2D eigenvalue weighted by Crippen LogP contribution is -2.45. The molecule has 3 atom stereocenters. The second kappa shape index (κ2) is 7.40. The van der Waals surface area contributed by atoms with E-state index in [1.165, 1.54) is 0 Å². The number of amides is 2. The van der Waals surface area contributed by atoms with E-state index in [-0.39, 0.29) is 34.6 Å². The maximum Gasteiger partial charge on any atom is 0.225 e. The lowest BCUT2D eigenvalue weighted by molar-refractivity contribution is -0.130. The van der Waals surface area contributed by atoms with Gasteiger partial charge in [0.2, 0.25) is 11.8 Å². The SMILES string of the molecule is CC(c1ccccc1)N1CC(C(=O)NC2CCSC(C)(C)C2)CC1=O. The number of hydrogen-bond donors (Lipinski definition) is 1. The number of carbonyl (C=O) groups excluding carboxylic acids is 2. The van der Waals surface area contributed by atoms with Gasteiger partial charge >= 0.3 is 0 Å². The van der Waals surface area contributed by atoms with Gasteiger partial charge in [0.1, 0.15) is 0 Å². The van der Waals surface area contributed by atoms with Crippen molar-refractivity contribution in [2.24, 2.45) is 5.92 Å². The van der Waals surface area contributed by atoms with Crippen molar-refractivity contribution in [1.82, 2.24) is 10.2 Å². The fourth-order valence-corrected chi connectivity index (χ4v) is 5.14. The molecule has 0 aliphatic carbocycles. The average molecular weight is 361 g/mol. The van der Waals surface area contributed by atoms with E-state index in [2.05, 4.69) is 19.2 Å². The smallest absolute Gasteiger partial charge is 0.225 e. The van der Waals surface area contributed by atoms with Gasteiger partial charge in [0.25, 0.3) is 0 Å². The Kier molecular flexibility index (Phi) is 5.42. The Morgan fingerprint density at radius 2 is 2.04 bits per heavy atom. The van der Waals surface area contributed by atoms with Gasteiger partial charge in [-0.3, -0.25) is 9.59 Å². The minimum Gasteiger partial charge on any atom is -0.353 e. The van der Waals surface area contributed by atoms with Crippen LogP contribution in [0.25, 0.3) is 0 Å². The summed E-state index contributed by atoms with van der Waals surface area (Å²) in [6.45, 7) is 7.02. The number of benzene rings is 1. The van der Waals surface area contributed by atoms with E-state index in [1.807, 2.05) is 53.9 Å². The zero-order valence-corrected chi connectivity index (χ0v) is 16.1. The number of rotatable bonds is 4. The Morgan fingerprint density at radius 1 is 1.32 bits per heavy atom. The number of thioether (sulfide) groups is 1. The normalized spacial score (nSPS) is 27.2. The molecule has 3 rings (SSSR count). The van der Waals surface area contributed by atoms with E-state index in [0.29, 0.717) is 13.0 Å². The molecule has 5 heteroatoms. The number of nitrogens with one attached hydrogen (secondary N) is 1. The predicted octanol–water partition coefficient (Wildman–Crippen LogP) is 3.39. The first-order valence-electron chi connectivity index (χ1n) is 9.14. The summed E-state index contributed by atoms with van der Waals surface area (Å²) in [6, 6.07) is 10.3. The summed E-state index contributed by atoms with van der Waals surface area (Å²) in [4.78, 5) is 27.0. The van der Waals surface area contributed by atoms with Crippen molar-refractivity contribution < 1.29 is 9.59 Å². The zero-order chi connectivity index (χ0) is 18.0. The molecule has 136 valence electrons. The van der Waals surface area contributed by atoms with Gasteiger partial charge in [0, 0.05) is 23.8 Å². The Labute approximate surface area is 154 Å². The van der Waals surface area contributed by atoms with E-state index < -0.39 is 0 Å². The van der Waals surface area contributed by atoms with Crippen LogP contribution in [-0.4, -0.2) is 39.8 Å². The Morgan fingerprint density at radius 3 is 2.72 bits per heavy atom. The molecule has 2 aliphatic rings. The van der Waals surface area contributed by atoms with Crippen molar-refractivity contribution in [3.63, 3.8) is 0 Å². The van der Waals surface area contributed by atoms with Crippen LogP contribution in [0.3, 0.4) is 0 Å². The molecule has 0 saturated carbocycles. The lowest BCUT2D eigenvalue weighted by atomic mass is 9.98. The quantitative estimate of drug-likeness (QED) is 0.895. The molecule has 0 bridgehead atoms. The largest absolute Gasteiger partial charge is 0.353 e. The van der Waals surface area contributed by atoms with Crippen molar-refractivity contribution in [3.05, 3.63) is 35.9 Å². The summed E-state index contributed by atoms with van der Waals surface area (Å²) >= 11 is 1.97. The lowest BCUT2D eigenvalue weighted by Gasteiger charge is -2.35. The van der Waals surface area contributed by atoms with E-state index >= 15 is 0 Å². The zero-order valence-electron chi connectivity index (χ0n) is 15.3. The highest BCUT2D eigenvalue weighted by molar-refractivity contribution is 8.00. The molecule has 1 aromatic carbocycles. The summed E-state index contributed by atoms with van der Waals surface area (Å²) in [7, 11) is 0. The van der Waals surface area contributed by atoms with Crippen LogP contribution in [0.1, 0.15) is 51.6 Å². The third-order valence-corrected chi connectivity index (χ3v) is 6.71. The molecular formula is C20H28N2O2S. The first-order chi connectivity index (χ1) is 11.9. The number of hydrogen-bond acceptors (Lipinski definition) is 3. The standard InChI is InChI=1S/C20H28N2O2S/c1-14(15-7-5-4-6-8-15)22-13-16(11-18(22)23)19(24)21-17-9-10-25-20(2,3)12-17/h4-8,14,16-17H,9-13H2,1-3H3,(H,21,24). The molecule has 2 aliphatic heterocycles. The summed E-state index contributed by atoms with van der Waals surface area (Å²) < 4.78 is 0.218. The summed E-state index contributed by atoms with van der Waals surface area (Å²) in [6.07, 6.45) is 2.34. The molecule has 3 unspecified atom stereocenters. The van der Waals surface area contributed by atoms with E-state index in [1.54, 1.807) is 0 Å². The summed E-state index contributed by atoms with van der Waals surface area (Å²) in [5.41, 5.74) is 1.11. The Hall–Kier alpha value is -1.49. The number of carbonyl (C=O) groups is 2. The molecule has 1 N–H and O–H groups in total. The first kappa shape index (κ1) is 18.3. The molecule has 0 radical (unpaired) electrons. The van der Waals surface area contributed by atoms with Crippen molar-refractivity contribution in [1.29, 1.82) is 0 Å². The van der Waals surface area contributed by atoms with Crippen LogP contribution in [-0.2, 0) is 9.59 Å². The van der Waals surface area contributed by atoms with E-state index in [4.69, 9.17) is 0 Å². The Balaban J connectivity index is 1.59. The Bertz CT molecular complexity index is 632. The van der Waals surface area contributed by atoms with Crippen LogP contribution in [0.15, 0.2) is 30.3 Å². The first-order valence-corrected chi connectivity index (χ1v) is 10.1. The van der Waals surface area contributed by atoms with Gasteiger partial charge < -0.3 is 10.2 Å². The molecule has 4 nitrogen and oxygen atoms in total. The third kappa shape index (κ3) is 4.38. The molecule has 0 spiro atoms. The molecule has 2 amide bonds. The maximum atomic E-state index is 12.7. The highest BCUT2D eigenvalue weighted by atomic mass is 32.2. The van der Waals surface area contributed by atoms with Gasteiger partial charge in [-0.1, -0.05) is 44.2 Å². The minimum atomic E-state index is -0.226. The van der Waals surface area contributed by atoms with Gasteiger partial charge in [-0.05, 0) is 31.1 Å². The second-order valence-electron chi connectivity index (χ2n) is 7.84. The molecule has 2 fully saturated rings. The van der Waals surface area contributed by atoms with Crippen LogP contribution < -0.4 is 5.32 Å². The number of nitrogens with zero attached hydrogens (tertiary/aromatic N) is 1. The fourth-order valence-electron chi connectivity index (χ4n) is 3.87. The second-order valence-corrected chi connectivity index (χ2v) is 9.64. The fraction of sp³-hybridized carbons (Fsp3) is 0.600. The summed E-state index contributed by atoms with van der Waals surface area (Å²) in [5, 5.41) is 3.21. The van der Waals surface area contributed by atoms with Gasteiger partial charge in [-0.2, -0.15) is 11.8 Å². The van der Waals surface area contributed by atoms with Crippen LogP contribution >= 0.6 is 11.8 Å². The van der Waals surface area contributed by atoms with Gasteiger partial charge in [0.05, 0.1) is 12.0 Å². The average Bonchev–Trinajstić information content (AvgIpc) is 2.96. The topological polar surface area (TPSA) is 49.4 Å². The summed E-state index contributed by atoms with van der Waals surface area (Å²) in [5.74, 6) is 0.981. The van der Waals surface area contributed by atoms with Gasteiger partial charge in [-0.15, -0.1) is 0 Å². The monoisotopic (exact) mass is 360 g/mol. The highest BCUT2D eigenvalue weighted by Crippen LogP contribution is 2.36. The molecule has 1 aromatic rings. The highest BCUT2D eigenvalue weighted by Gasteiger charge is 2.38. The maximum absolute atomic E-state index is 12.7. The van der Waals surface area contributed by atoms with Crippen molar-refractivity contribution in [3.8, 4) is 0 Å². The third-order valence-electron chi connectivity index (χ3n) is 5.32. The minimum absolute atomic E-state index is 0.0107. The number of likely N-dealkylation sites (tertiary alicyclic amines) is 1. The van der Waals surface area contributed by atoms with Crippen molar-refractivity contribution in [2.45, 2.75) is 56.9 Å². The molecule has 2 heterocycles. The van der Waals surface area contributed by atoms with Gasteiger partial charge in [0.15, 0.2) is 0 Å². The van der Waals surface area contributed by atoms with Crippen molar-refractivity contribution in [2.75, 3.05) is 12.3 Å². The molecule has 25 heavy (non-hydrogen) atoms. The molecular weight excluding hydrogens is 332 g/mol. The van der Waals surface area contributed by atoms with Crippen LogP contribution in [0, 0.1) is 5.92 Å². The van der Waals surface area contributed by atoms with Crippen molar-refractivity contribution >= 4 is 23.6 Å². The van der Waals surface area contributed by atoms with Crippen LogP contribution in [0.4, 0.5) is 0 Å². The molecule has 0 aromatic heterocycles. The predicted molar refractivity (Wildman–Crippen MR) is 102 cm³/mol. The molecule has 2 saturated heterocycles. The van der Waals surface area contributed by atoms with E-state index in [9.17, 15) is 9.59 Å². The van der Waals surface area contributed by atoms with Crippen LogP contribution in [0.5, 0.6) is 0 Å². The van der Waals surface area contributed by atoms with Crippen LogP contribution in [0.2, 0.25) is 0 Å².